The standard InChI is InChI=1S/C15H19N5.HI/c1-20-14(7-8-18-20)10-17-15(16)19-13-6-5-11-3-2-4-12(11)9-13;/h5-9H,2-4,10H2,1H3,(H3,16,17,19);1H. The Balaban J connectivity index is 0.00000161. The van der Waals surface area contributed by atoms with Gasteiger partial charge in [0, 0.05) is 18.9 Å². The molecule has 1 aliphatic carbocycles. The summed E-state index contributed by atoms with van der Waals surface area (Å²) in [5, 5.41) is 7.26. The molecule has 5 nitrogen and oxygen atoms in total. The zero-order chi connectivity index (χ0) is 13.9. The monoisotopic (exact) mass is 397 g/mol. The largest absolute Gasteiger partial charge is 0.370 e. The summed E-state index contributed by atoms with van der Waals surface area (Å²) in [5.74, 6) is 0.434. The number of nitrogens with two attached hydrogens (primary N) is 1. The van der Waals surface area contributed by atoms with Crippen LogP contribution in [0.3, 0.4) is 0 Å². The highest BCUT2D eigenvalue weighted by Crippen LogP contribution is 2.24. The first-order chi connectivity index (χ1) is 9.72. The highest BCUT2D eigenvalue weighted by Gasteiger charge is 2.10. The van der Waals surface area contributed by atoms with Crippen molar-refractivity contribution in [3.8, 4) is 0 Å². The molecule has 21 heavy (non-hydrogen) atoms. The van der Waals surface area contributed by atoms with Crippen molar-refractivity contribution >= 4 is 35.6 Å². The van der Waals surface area contributed by atoms with Crippen LogP contribution in [0.5, 0.6) is 0 Å². The highest BCUT2D eigenvalue weighted by molar-refractivity contribution is 14.0. The van der Waals surface area contributed by atoms with Crippen LogP contribution in [0.15, 0.2) is 35.5 Å². The quantitative estimate of drug-likeness (QED) is 0.475. The minimum absolute atomic E-state index is 0. The third kappa shape index (κ3) is 3.75. The lowest BCUT2D eigenvalue weighted by atomic mass is 10.1. The maximum Gasteiger partial charge on any atom is 0.193 e. The molecule has 0 bridgehead atoms. The first kappa shape index (κ1) is 15.8. The summed E-state index contributed by atoms with van der Waals surface area (Å²) in [5.41, 5.74) is 10.9. The number of anilines is 1. The zero-order valence-electron chi connectivity index (χ0n) is 12.0. The molecule has 2 aromatic rings. The van der Waals surface area contributed by atoms with Gasteiger partial charge in [0.1, 0.15) is 0 Å². The average Bonchev–Trinajstić information content (AvgIpc) is 3.04. The van der Waals surface area contributed by atoms with E-state index >= 15 is 0 Å². The number of nitrogens with zero attached hydrogens (tertiary/aromatic N) is 3. The Labute approximate surface area is 141 Å². The molecule has 0 saturated heterocycles. The number of aryl methyl sites for hydroxylation is 3. The molecule has 0 saturated carbocycles. The van der Waals surface area contributed by atoms with Gasteiger partial charge < -0.3 is 11.1 Å². The molecular formula is C15H20IN5. The molecule has 3 N–H and O–H groups in total. The molecule has 1 aromatic heterocycles. The fourth-order valence-electron chi connectivity index (χ4n) is 2.56. The maximum absolute atomic E-state index is 5.93. The van der Waals surface area contributed by atoms with Crippen LogP contribution in [0, 0.1) is 0 Å². The lowest BCUT2D eigenvalue weighted by Gasteiger charge is -2.08. The summed E-state index contributed by atoms with van der Waals surface area (Å²) in [6.07, 6.45) is 5.37. The molecule has 0 fully saturated rings. The van der Waals surface area contributed by atoms with E-state index in [0.29, 0.717) is 12.5 Å². The number of hydrogen-bond acceptors (Lipinski definition) is 2. The van der Waals surface area contributed by atoms with Gasteiger partial charge in [-0.2, -0.15) is 5.10 Å². The van der Waals surface area contributed by atoms with Crippen molar-refractivity contribution in [2.45, 2.75) is 25.8 Å². The van der Waals surface area contributed by atoms with E-state index in [4.69, 9.17) is 5.73 Å². The second kappa shape index (κ2) is 6.93. The lowest BCUT2D eigenvalue weighted by Crippen LogP contribution is -2.22. The van der Waals surface area contributed by atoms with Crippen LogP contribution >= 0.6 is 24.0 Å². The van der Waals surface area contributed by atoms with Gasteiger partial charge in [0.2, 0.25) is 0 Å². The minimum atomic E-state index is 0. The highest BCUT2D eigenvalue weighted by atomic mass is 127. The Morgan fingerprint density at radius 2 is 2.14 bits per heavy atom. The second-order valence-electron chi connectivity index (χ2n) is 5.11. The fraction of sp³-hybridized carbons (Fsp3) is 0.333. The number of fused-ring (bicyclic) bond motifs is 1. The van der Waals surface area contributed by atoms with Crippen LogP contribution in [-0.4, -0.2) is 15.7 Å². The Morgan fingerprint density at radius 1 is 1.33 bits per heavy atom. The van der Waals surface area contributed by atoms with E-state index in [0.717, 1.165) is 17.8 Å². The number of rotatable bonds is 3. The Hall–Kier alpha value is -1.57. The van der Waals surface area contributed by atoms with E-state index in [1.54, 1.807) is 10.9 Å². The molecule has 0 atom stereocenters. The molecule has 1 aromatic carbocycles. The van der Waals surface area contributed by atoms with E-state index in [9.17, 15) is 0 Å². The van der Waals surface area contributed by atoms with Crippen LogP contribution in [0.2, 0.25) is 0 Å². The summed E-state index contributed by atoms with van der Waals surface area (Å²) in [6, 6.07) is 8.36. The normalized spacial score (nSPS) is 13.7. The Morgan fingerprint density at radius 3 is 2.90 bits per heavy atom. The van der Waals surface area contributed by atoms with Gasteiger partial charge in [0.15, 0.2) is 5.96 Å². The van der Waals surface area contributed by atoms with Crippen molar-refractivity contribution in [3.05, 3.63) is 47.3 Å². The van der Waals surface area contributed by atoms with E-state index in [1.807, 2.05) is 13.1 Å². The van der Waals surface area contributed by atoms with Crippen LogP contribution in [0.25, 0.3) is 0 Å². The van der Waals surface area contributed by atoms with Gasteiger partial charge in [0.05, 0.1) is 12.2 Å². The minimum Gasteiger partial charge on any atom is -0.370 e. The third-order valence-electron chi connectivity index (χ3n) is 3.70. The molecule has 6 heteroatoms. The molecule has 1 heterocycles. The molecule has 112 valence electrons. The van der Waals surface area contributed by atoms with E-state index in [2.05, 4.69) is 33.6 Å². The number of guanidine groups is 1. The Bertz CT molecular complexity index is 647. The molecule has 0 unspecified atom stereocenters. The summed E-state index contributed by atoms with van der Waals surface area (Å²) < 4.78 is 1.80. The van der Waals surface area contributed by atoms with Crippen molar-refractivity contribution < 1.29 is 0 Å². The number of halogens is 1. The molecule has 0 amide bonds. The van der Waals surface area contributed by atoms with E-state index in [1.165, 1.54) is 24.0 Å². The van der Waals surface area contributed by atoms with Crippen molar-refractivity contribution in [1.82, 2.24) is 9.78 Å². The summed E-state index contributed by atoms with van der Waals surface area (Å²) >= 11 is 0. The maximum atomic E-state index is 5.93. The number of nitrogens with one attached hydrogen (secondary N) is 1. The summed E-state index contributed by atoms with van der Waals surface area (Å²) in [7, 11) is 1.90. The number of hydrogen-bond donors (Lipinski definition) is 2. The van der Waals surface area contributed by atoms with Crippen LogP contribution in [0.1, 0.15) is 23.2 Å². The summed E-state index contributed by atoms with van der Waals surface area (Å²) in [4.78, 5) is 4.34. The molecule has 0 radical (unpaired) electrons. The average molecular weight is 397 g/mol. The van der Waals surface area contributed by atoms with Gasteiger partial charge in [-0.05, 0) is 48.6 Å². The predicted octanol–water partition coefficient (Wildman–Crippen LogP) is 2.45. The van der Waals surface area contributed by atoms with Crippen molar-refractivity contribution in [1.29, 1.82) is 0 Å². The van der Waals surface area contributed by atoms with Crippen LogP contribution < -0.4 is 11.1 Å². The second-order valence-corrected chi connectivity index (χ2v) is 5.11. The van der Waals surface area contributed by atoms with Gasteiger partial charge in [-0.15, -0.1) is 24.0 Å². The van der Waals surface area contributed by atoms with Crippen molar-refractivity contribution in [2.75, 3.05) is 5.32 Å². The Kier molecular flexibility index (Phi) is 5.22. The van der Waals surface area contributed by atoms with Gasteiger partial charge in [-0.25, -0.2) is 4.99 Å². The van der Waals surface area contributed by atoms with Crippen LogP contribution in [-0.2, 0) is 26.4 Å². The predicted molar refractivity (Wildman–Crippen MR) is 96.0 cm³/mol. The van der Waals surface area contributed by atoms with E-state index in [-0.39, 0.29) is 24.0 Å². The summed E-state index contributed by atoms with van der Waals surface area (Å²) in [6.45, 7) is 0.528. The first-order valence-corrected chi connectivity index (χ1v) is 6.88. The zero-order valence-corrected chi connectivity index (χ0v) is 14.4. The van der Waals surface area contributed by atoms with Crippen molar-refractivity contribution in [3.63, 3.8) is 0 Å². The molecule has 0 aliphatic heterocycles. The molecule has 1 aliphatic rings. The molecular weight excluding hydrogens is 377 g/mol. The lowest BCUT2D eigenvalue weighted by molar-refractivity contribution is 0.712. The molecule has 0 spiro atoms. The smallest absolute Gasteiger partial charge is 0.193 e. The van der Waals surface area contributed by atoms with Gasteiger partial charge >= 0.3 is 0 Å². The number of aliphatic imine (C=N–C) groups is 1. The van der Waals surface area contributed by atoms with Gasteiger partial charge in [-0.3, -0.25) is 4.68 Å². The van der Waals surface area contributed by atoms with Gasteiger partial charge in [-0.1, -0.05) is 6.07 Å². The van der Waals surface area contributed by atoms with Crippen LogP contribution in [0.4, 0.5) is 5.69 Å². The van der Waals surface area contributed by atoms with Gasteiger partial charge in [0.25, 0.3) is 0 Å². The van der Waals surface area contributed by atoms with E-state index < -0.39 is 0 Å². The number of benzene rings is 1. The SMILES string of the molecule is Cn1nccc1CN=C(N)Nc1ccc2c(c1)CCC2.I. The topological polar surface area (TPSA) is 68.2 Å². The van der Waals surface area contributed by atoms with Crippen molar-refractivity contribution in [2.24, 2.45) is 17.8 Å². The first-order valence-electron chi connectivity index (χ1n) is 6.88. The molecule has 3 rings (SSSR count). The fourth-order valence-corrected chi connectivity index (χ4v) is 2.56. The number of aromatic nitrogens is 2. The third-order valence-corrected chi connectivity index (χ3v) is 3.70.